The van der Waals surface area contributed by atoms with Crippen LogP contribution in [-0.2, 0) is 23.3 Å². The monoisotopic (exact) mass is 422 g/mol. The van der Waals surface area contributed by atoms with Crippen molar-refractivity contribution in [2.75, 3.05) is 12.4 Å². The molecule has 9 nitrogen and oxygen atoms in total. The van der Waals surface area contributed by atoms with Gasteiger partial charge in [0.05, 0.1) is 23.4 Å². The highest BCUT2D eigenvalue weighted by Gasteiger charge is 2.34. The molecule has 5 N–H and O–H groups in total. The lowest BCUT2D eigenvalue weighted by atomic mass is 10.1. The number of rotatable bonds is 6. The van der Waals surface area contributed by atoms with E-state index in [1.807, 2.05) is 5.32 Å². The molecule has 0 aliphatic heterocycles. The summed E-state index contributed by atoms with van der Waals surface area (Å²) in [7, 11) is -2.84. The van der Waals surface area contributed by atoms with Gasteiger partial charge in [0.2, 0.25) is 0 Å². The molecule has 1 aromatic heterocycles. The van der Waals surface area contributed by atoms with Crippen LogP contribution in [0.5, 0.6) is 5.75 Å². The molecule has 0 spiro atoms. The number of ether oxygens (including phenoxy) is 1. The average Bonchev–Trinajstić information content (AvgIpc) is 2.86. The lowest BCUT2D eigenvalue weighted by Gasteiger charge is -2.12. The van der Waals surface area contributed by atoms with E-state index in [9.17, 15) is 26.4 Å². The van der Waals surface area contributed by atoms with Crippen LogP contribution in [0.3, 0.4) is 0 Å². The summed E-state index contributed by atoms with van der Waals surface area (Å²) in [5.74, 6) is -2.29. The van der Waals surface area contributed by atoms with E-state index in [2.05, 4.69) is 0 Å². The average molecular weight is 422 g/mol. The highest BCUT2D eigenvalue weighted by molar-refractivity contribution is 7.85. The zero-order chi connectivity index (χ0) is 21.3. The summed E-state index contributed by atoms with van der Waals surface area (Å²) < 4.78 is 76.8. The Morgan fingerprint density at radius 2 is 2.00 bits per heavy atom. The van der Waals surface area contributed by atoms with Crippen molar-refractivity contribution in [3.05, 3.63) is 29.5 Å². The molecule has 1 amide bonds. The number of aromatic nitrogens is 1. The summed E-state index contributed by atoms with van der Waals surface area (Å²) >= 11 is 0. The molecule has 154 valence electrons. The highest BCUT2D eigenvalue weighted by Crippen LogP contribution is 2.38. The quantitative estimate of drug-likeness (QED) is 0.240. The van der Waals surface area contributed by atoms with E-state index in [4.69, 9.17) is 20.4 Å². The normalized spacial score (nSPS) is 12.2. The van der Waals surface area contributed by atoms with Crippen LogP contribution in [0.25, 0.3) is 10.9 Å². The third kappa shape index (κ3) is 5.13. The summed E-state index contributed by atoms with van der Waals surface area (Å²) in [6, 6.07) is 3.03. The summed E-state index contributed by atoms with van der Waals surface area (Å²) in [6.07, 6.45) is -4.88. The van der Waals surface area contributed by atoms with E-state index in [1.165, 1.54) is 17.7 Å². The molecule has 0 unspecified atom stereocenters. The van der Waals surface area contributed by atoms with Gasteiger partial charge in [-0.2, -0.15) is 21.6 Å². The molecule has 0 aliphatic rings. The number of amides is 1. The second kappa shape index (κ2) is 7.67. The molecular weight excluding hydrogens is 405 g/mol. The fourth-order valence-corrected chi connectivity index (χ4v) is 3.04. The molecule has 0 saturated heterocycles. The lowest BCUT2D eigenvalue weighted by Crippen LogP contribution is -2.36. The van der Waals surface area contributed by atoms with Gasteiger partial charge in [-0.25, -0.2) is 0 Å². The minimum atomic E-state index is -4.75. The van der Waals surface area contributed by atoms with E-state index in [1.54, 1.807) is 0 Å². The number of guanidine groups is 1. The Bertz CT molecular complexity index is 1030. The number of alkyl halides is 3. The molecule has 1 heterocycles. The van der Waals surface area contributed by atoms with Crippen molar-refractivity contribution in [2.45, 2.75) is 12.6 Å². The van der Waals surface area contributed by atoms with Gasteiger partial charge in [0.1, 0.15) is 11.4 Å². The number of carbonyl (C=O) groups excluding carboxylic acids is 1. The van der Waals surface area contributed by atoms with Gasteiger partial charge in [-0.15, -0.1) is 0 Å². The molecule has 1 aromatic carbocycles. The molecule has 0 radical (unpaired) electrons. The standard InChI is InChI=1S/C15H17F3N4O5S/c1-22-11-6-8(27-3-2-4-28(24,25)26)5-10(15(16,17)18)9(11)7-12(22)13(23)21-14(19)20/h5-7H,2-4H2,1H3,(H,24,25,26)(H4,19,20,21,23). The van der Waals surface area contributed by atoms with Gasteiger partial charge in [-0.3, -0.25) is 20.1 Å². The fraction of sp³-hybridized carbons (Fsp3) is 0.333. The number of fused-ring (bicyclic) bond motifs is 1. The molecule has 0 saturated carbocycles. The third-order valence-electron chi connectivity index (χ3n) is 3.74. The Labute approximate surface area is 157 Å². The van der Waals surface area contributed by atoms with Crippen LogP contribution >= 0.6 is 0 Å². The maximum atomic E-state index is 13.5. The van der Waals surface area contributed by atoms with Crippen molar-refractivity contribution < 1.29 is 35.7 Å². The maximum Gasteiger partial charge on any atom is 0.417 e. The number of halogens is 3. The predicted octanol–water partition coefficient (Wildman–Crippen LogP) is 1.48. The number of carbonyl (C=O) groups is 1. The first-order valence-corrected chi connectivity index (χ1v) is 9.34. The summed E-state index contributed by atoms with van der Waals surface area (Å²) in [5, 5.41) is 8.81. The Hall–Kier alpha value is -2.80. The van der Waals surface area contributed by atoms with Crippen LogP contribution in [0, 0.1) is 5.41 Å². The van der Waals surface area contributed by atoms with Crippen LogP contribution < -0.4 is 15.8 Å². The minimum absolute atomic E-state index is 0.0355. The molecule has 0 aliphatic carbocycles. The van der Waals surface area contributed by atoms with Gasteiger partial charge in [-0.1, -0.05) is 0 Å². The van der Waals surface area contributed by atoms with E-state index in [0.29, 0.717) is 0 Å². The van der Waals surface area contributed by atoms with E-state index >= 15 is 0 Å². The van der Waals surface area contributed by atoms with Gasteiger partial charge in [0.15, 0.2) is 5.96 Å². The molecule has 0 fully saturated rings. The van der Waals surface area contributed by atoms with Crippen molar-refractivity contribution in [2.24, 2.45) is 12.8 Å². The maximum absolute atomic E-state index is 13.5. The zero-order valence-corrected chi connectivity index (χ0v) is 15.3. The second-order valence-corrected chi connectivity index (χ2v) is 7.42. The molecule has 0 bridgehead atoms. The second-order valence-electron chi connectivity index (χ2n) is 5.85. The van der Waals surface area contributed by atoms with Crippen molar-refractivity contribution in [3.8, 4) is 5.75 Å². The molecule has 0 atom stereocenters. The summed E-state index contributed by atoms with van der Waals surface area (Å²) in [5.41, 5.74) is 3.91. The molecule has 2 rings (SSSR count). The molecule has 13 heteroatoms. The number of nitrogens with one attached hydrogen (secondary N) is 2. The lowest BCUT2D eigenvalue weighted by molar-refractivity contribution is -0.136. The zero-order valence-electron chi connectivity index (χ0n) is 14.5. The minimum Gasteiger partial charge on any atom is -0.493 e. The number of nitrogens with two attached hydrogens (primary N) is 1. The SMILES string of the molecule is Cn1c(C(=O)NC(=N)N)cc2c(C(F)(F)F)cc(OCCCS(=O)(=O)O)cc21. The molecular formula is C15H17F3N4O5S. The van der Waals surface area contributed by atoms with Gasteiger partial charge >= 0.3 is 6.18 Å². The van der Waals surface area contributed by atoms with E-state index < -0.39 is 39.5 Å². The smallest absolute Gasteiger partial charge is 0.417 e. The largest absolute Gasteiger partial charge is 0.493 e. The van der Waals surface area contributed by atoms with Crippen molar-refractivity contribution >= 4 is 32.9 Å². The number of aryl methyl sites for hydroxylation is 1. The topological polar surface area (TPSA) is 148 Å². The van der Waals surface area contributed by atoms with Crippen molar-refractivity contribution in [1.29, 1.82) is 5.41 Å². The first kappa shape index (κ1) is 21.5. The van der Waals surface area contributed by atoms with Crippen LogP contribution in [0.15, 0.2) is 18.2 Å². The van der Waals surface area contributed by atoms with Crippen LogP contribution in [0.4, 0.5) is 13.2 Å². The van der Waals surface area contributed by atoms with Gasteiger partial charge in [0.25, 0.3) is 16.0 Å². The number of benzene rings is 1. The van der Waals surface area contributed by atoms with Crippen LogP contribution in [-0.4, -0.2) is 41.8 Å². The Morgan fingerprint density at radius 3 is 2.54 bits per heavy atom. The van der Waals surface area contributed by atoms with Crippen LogP contribution in [0.1, 0.15) is 22.5 Å². The van der Waals surface area contributed by atoms with E-state index in [0.717, 1.165) is 12.1 Å². The number of hydrogen-bond donors (Lipinski definition) is 4. The first-order valence-electron chi connectivity index (χ1n) is 7.73. The summed E-state index contributed by atoms with van der Waals surface area (Å²) in [6.45, 7) is -0.245. The van der Waals surface area contributed by atoms with E-state index in [-0.39, 0.29) is 35.4 Å². The van der Waals surface area contributed by atoms with Gasteiger partial charge < -0.3 is 15.0 Å². The Kier molecular flexibility index (Phi) is 5.89. The Balaban J connectivity index is 2.44. The van der Waals surface area contributed by atoms with Gasteiger partial charge in [-0.05, 0) is 18.6 Å². The Morgan fingerprint density at radius 1 is 1.36 bits per heavy atom. The van der Waals surface area contributed by atoms with Crippen molar-refractivity contribution in [3.63, 3.8) is 0 Å². The number of nitrogens with zero attached hydrogens (tertiary/aromatic N) is 1. The molecule has 2 aromatic rings. The number of hydrogen-bond acceptors (Lipinski definition) is 5. The van der Waals surface area contributed by atoms with Crippen LogP contribution in [0.2, 0.25) is 0 Å². The summed E-state index contributed by atoms with van der Waals surface area (Å²) in [4.78, 5) is 12.1. The van der Waals surface area contributed by atoms with Gasteiger partial charge in [0, 0.05) is 18.5 Å². The fourth-order valence-electron chi connectivity index (χ4n) is 2.56. The molecule has 28 heavy (non-hydrogen) atoms. The highest BCUT2D eigenvalue weighted by atomic mass is 32.2. The first-order chi connectivity index (χ1) is 12.8. The van der Waals surface area contributed by atoms with Crippen molar-refractivity contribution in [1.82, 2.24) is 9.88 Å². The third-order valence-corrected chi connectivity index (χ3v) is 4.54. The predicted molar refractivity (Wildman–Crippen MR) is 93.8 cm³/mol.